The van der Waals surface area contributed by atoms with Gasteiger partial charge in [-0.2, -0.15) is 5.10 Å². The number of ether oxygens (including phenoxy) is 1. The highest BCUT2D eigenvalue weighted by Crippen LogP contribution is 2.29. The van der Waals surface area contributed by atoms with E-state index < -0.39 is 5.60 Å². The molecule has 0 unspecified atom stereocenters. The maximum Gasteiger partial charge on any atom is 0.410 e. The Hall–Kier alpha value is -3.88. The Bertz CT molecular complexity index is 1430. The number of imide groups is 1. The van der Waals surface area contributed by atoms with Gasteiger partial charge in [0.2, 0.25) is 5.91 Å². The van der Waals surface area contributed by atoms with Gasteiger partial charge in [-0.3, -0.25) is 14.6 Å². The molecule has 2 fully saturated rings. The summed E-state index contributed by atoms with van der Waals surface area (Å²) in [6.07, 6.45) is 6.37. The number of hydrogen-bond donors (Lipinski definition) is 0. The summed E-state index contributed by atoms with van der Waals surface area (Å²) in [6.45, 7) is 11.7. The average molecular weight is 546 g/mol. The highest BCUT2D eigenvalue weighted by Gasteiger charge is 2.34. The minimum atomic E-state index is -0.494. The molecule has 0 radical (unpaired) electrons. The molecule has 212 valence electrons. The summed E-state index contributed by atoms with van der Waals surface area (Å²) < 4.78 is 7.31. The quantitative estimate of drug-likeness (QED) is 0.423. The molecular weight excluding hydrogens is 506 g/mol. The second-order valence-corrected chi connectivity index (χ2v) is 12.1. The SMILES string of the molecule is Cc1ccc(CN2C(=O)CCN(c3cnn4ccc(CC5CCN(C(=O)OC(C)(C)C)CC5)cc34)C2=O)cc1C. The molecule has 0 atom stereocenters. The lowest BCUT2D eigenvalue weighted by Gasteiger charge is -2.34. The standard InChI is InChI=1S/C31H39N5O4/c1-21-6-7-25(16-22(21)2)20-35-28(37)11-14-34(29(35)38)27-19-32-36-15-10-24(18-26(27)36)17-23-8-12-33(13-9-23)30(39)40-31(3,4)5/h6-7,10,15-16,18-19,23H,8-9,11-14,17,20H2,1-5H3. The minimum Gasteiger partial charge on any atom is -0.444 e. The van der Waals surface area contributed by atoms with Crippen LogP contribution in [0.1, 0.15) is 62.3 Å². The zero-order valence-electron chi connectivity index (χ0n) is 24.1. The summed E-state index contributed by atoms with van der Waals surface area (Å²) in [4.78, 5) is 43.6. The Kier molecular flexibility index (Phi) is 7.57. The highest BCUT2D eigenvalue weighted by molar-refractivity contribution is 6.07. The van der Waals surface area contributed by atoms with Gasteiger partial charge >= 0.3 is 12.1 Å². The van der Waals surface area contributed by atoms with Crippen LogP contribution in [0.5, 0.6) is 0 Å². The van der Waals surface area contributed by atoms with E-state index >= 15 is 0 Å². The second kappa shape index (κ2) is 10.9. The number of fused-ring (bicyclic) bond motifs is 1. The van der Waals surface area contributed by atoms with Gasteiger partial charge in [0.05, 0.1) is 23.9 Å². The van der Waals surface area contributed by atoms with E-state index in [0.29, 0.717) is 31.2 Å². The fourth-order valence-electron chi connectivity index (χ4n) is 5.48. The fraction of sp³-hybridized carbons (Fsp3) is 0.484. The summed E-state index contributed by atoms with van der Waals surface area (Å²) in [7, 11) is 0. The number of benzene rings is 1. The molecule has 4 amide bonds. The zero-order chi connectivity index (χ0) is 28.6. The molecule has 9 heteroatoms. The minimum absolute atomic E-state index is 0.158. The van der Waals surface area contributed by atoms with Crippen LogP contribution in [0.25, 0.3) is 5.52 Å². The van der Waals surface area contributed by atoms with E-state index in [2.05, 4.69) is 17.2 Å². The predicted octanol–water partition coefficient (Wildman–Crippen LogP) is 5.50. The molecule has 4 heterocycles. The van der Waals surface area contributed by atoms with E-state index in [1.54, 1.807) is 20.5 Å². The van der Waals surface area contributed by atoms with Crippen LogP contribution in [0, 0.1) is 19.8 Å². The third-order valence-electron chi connectivity index (χ3n) is 7.87. The number of anilines is 1. The molecule has 2 saturated heterocycles. The van der Waals surface area contributed by atoms with Gasteiger partial charge < -0.3 is 9.64 Å². The first-order valence-corrected chi connectivity index (χ1v) is 14.1. The van der Waals surface area contributed by atoms with Crippen LogP contribution in [0.4, 0.5) is 15.3 Å². The second-order valence-electron chi connectivity index (χ2n) is 12.1. The Balaban J connectivity index is 1.28. The first-order chi connectivity index (χ1) is 19.0. The highest BCUT2D eigenvalue weighted by atomic mass is 16.6. The molecule has 2 aliphatic heterocycles. The largest absolute Gasteiger partial charge is 0.444 e. The molecule has 0 saturated carbocycles. The van der Waals surface area contributed by atoms with Gasteiger partial charge in [0.25, 0.3) is 0 Å². The summed E-state index contributed by atoms with van der Waals surface area (Å²) in [6, 6.07) is 9.88. The monoisotopic (exact) mass is 545 g/mol. The van der Waals surface area contributed by atoms with Crippen LogP contribution in [-0.4, -0.2) is 62.7 Å². The topological polar surface area (TPSA) is 87.5 Å². The lowest BCUT2D eigenvalue weighted by molar-refractivity contribution is -0.129. The number of aromatic nitrogens is 2. The fourth-order valence-corrected chi connectivity index (χ4v) is 5.48. The molecule has 3 aromatic rings. The normalized spacial score (nSPS) is 17.2. The van der Waals surface area contributed by atoms with Crippen molar-refractivity contribution in [2.75, 3.05) is 24.5 Å². The van der Waals surface area contributed by atoms with Crippen molar-refractivity contribution < 1.29 is 19.1 Å². The molecular formula is C31H39N5O4. The summed E-state index contributed by atoms with van der Waals surface area (Å²) in [5.74, 6) is 0.296. The summed E-state index contributed by atoms with van der Waals surface area (Å²) in [5, 5.41) is 4.49. The van der Waals surface area contributed by atoms with E-state index in [-0.39, 0.29) is 31.0 Å². The third kappa shape index (κ3) is 5.98. The number of amides is 4. The number of rotatable bonds is 5. The van der Waals surface area contributed by atoms with E-state index in [4.69, 9.17) is 4.74 Å². The smallest absolute Gasteiger partial charge is 0.410 e. The number of carbonyl (C=O) groups is 3. The van der Waals surface area contributed by atoms with E-state index in [1.165, 1.54) is 10.5 Å². The predicted molar refractivity (Wildman–Crippen MR) is 153 cm³/mol. The van der Waals surface area contributed by atoms with Crippen molar-refractivity contribution in [2.45, 2.75) is 72.4 Å². The van der Waals surface area contributed by atoms with Crippen LogP contribution < -0.4 is 4.90 Å². The number of aryl methyl sites for hydroxylation is 2. The molecule has 2 aliphatic rings. The summed E-state index contributed by atoms with van der Waals surface area (Å²) >= 11 is 0. The number of nitrogens with zero attached hydrogens (tertiary/aromatic N) is 5. The van der Waals surface area contributed by atoms with Gasteiger partial charge in [-0.15, -0.1) is 0 Å². The maximum absolute atomic E-state index is 13.6. The van der Waals surface area contributed by atoms with Crippen LogP contribution >= 0.6 is 0 Å². The van der Waals surface area contributed by atoms with Crippen LogP contribution in [-0.2, 0) is 22.5 Å². The molecule has 5 rings (SSSR count). The first kappa shape index (κ1) is 27.7. The molecule has 40 heavy (non-hydrogen) atoms. The van der Waals surface area contributed by atoms with Gasteiger partial charge in [-0.05, 0) is 94.2 Å². The lowest BCUT2D eigenvalue weighted by Crippen LogP contribution is -2.52. The molecule has 0 N–H and O–H groups in total. The maximum atomic E-state index is 13.6. The van der Waals surface area contributed by atoms with Crippen molar-refractivity contribution in [3.05, 3.63) is 65.0 Å². The Morgan fingerprint density at radius 3 is 2.45 bits per heavy atom. The van der Waals surface area contributed by atoms with Gasteiger partial charge in [0.15, 0.2) is 0 Å². The van der Waals surface area contributed by atoms with Crippen LogP contribution in [0.2, 0.25) is 0 Å². The number of urea groups is 1. The number of likely N-dealkylation sites (tertiary alicyclic amines) is 1. The molecule has 0 bridgehead atoms. The number of pyridine rings is 1. The Morgan fingerprint density at radius 2 is 1.75 bits per heavy atom. The van der Waals surface area contributed by atoms with E-state index in [1.807, 2.05) is 59.0 Å². The third-order valence-corrected chi connectivity index (χ3v) is 7.87. The van der Waals surface area contributed by atoms with Gasteiger partial charge in [0.1, 0.15) is 5.60 Å². The van der Waals surface area contributed by atoms with Crippen molar-refractivity contribution >= 4 is 29.2 Å². The van der Waals surface area contributed by atoms with Gasteiger partial charge in [0, 0.05) is 32.3 Å². The average Bonchev–Trinajstić information content (AvgIpc) is 3.31. The molecule has 2 aromatic heterocycles. The first-order valence-electron chi connectivity index (χ1n) is 14.1. The van der Waals surface area contributed by atoms with Crippen molar-refractivity contribution in [2.24, 2.45) is 5.92 Å². The van der Waals surface area contributed by atoms with Gasteiger partial charge in [-0.1, -0.05) is 18.2 Å². The summed E-state index contributed by atoms with van der Waals surface area (Å²) in [5.41, 5.74) is 5.48. The number of carbonyl (C=O) groups excluding carboxylic acids is 3. The zero-order valence-corrected chi connectivity index (χ0v) is 24.1. The van der Waals surface area contributed by atoms with Gasteiger partial charge in [-0.25, -0.2) is 14.1 Å². The van der Waals surface area contributed by atoms with Crippen molar-refractivity contribution in [1.82, 2.24) is 19.4 Å². The molecule has 0 spiro atoms. The number of piperidine rings is 1. The van der Waals surface area contributed by atoms with Crippen LogP contribution in [0.3, 0.4) is 0 Å². The Labute approximate surface area is 235 Å². The Morgan fingerprint density at radius 1 is 1.00 bits per heavy atom. The molecule has 0 aliphatic carbocycles. The number of hydrogen-bond acceptors (Lipinski definition) is 5. The molecule has 1 aromatic carbocycles. The van der Waals surface area contributed by atoms with Crippen molar-refractivity contribution in [3.8, 4) is 0 Å². The molecule has 9 nitrogen and oxygen atoms in total. The lowest BCUT2D eigenvalue weighted by atomic mass is 9.90. The van der Waals surface area contributed by atoms with Crippen LogP contribution in [0.15, 0.2) is 42.7 Å². The van der Waals surface area contributed by atoms with Crippen molar-refractivity contribution in [1.29, 1.82) is 0 Å². The van der Waals surface area contributed by atoms with Crippen molar-refractivity contribution in [3.63, 3.8) is 0 Å². The van der Waals surface area contributed by atoms with E-state index in [0.717, 1.165) is 41.5 Å². The van der Waals surface area contributed by atoms with E-state index in [9.17, 15) is 14.4 Å².